The minimum atomic E-state index is -0.738. The van der Waals surface area contributed by atoms with Gasteiger partial charge >= 0.3 is 6.03 Å². The molecule has 2 aliphatic heterocycles. The van der Waals surface area contributed by atoms with Gasteiger partial charge in [0, 0.05) is 41.3 Å². The zero-order chi connectivity index (χ0) is 23.8. The first kappa shape index (κ1) is 21.7. The minimum Gasteiger partial charge on any atom is -0.361 e. The first-order valence-corrected chi connectivity index (χ1v) is 11.2. The second-order valence-corrected chi connectivity index (χ2v) is 8.73. The van der Waals surface area contributed by atoms with Crippen molar-refractivity contribution in [3.05, 3.63) is 65.9 Å². The molecule has 9 heteroatoms. The number of aromatic nitrogens is 1. The van der Waals surface area contributed by atoms with Gasteiger partial charge in [0.15, 0.2) is 5.78 Å². The summed E-state index contributed by atoms with van der Waals surface area (Å²) in [5.41, 5.74) is 3.03. The third kappa shape index (κ3) is 4.00. The second-order valence-electron chi connectivity index (χ2n) is 8.73. The van der Waals surface area contributed by atoms with Gasteiger partial charge in [0.05, 0.1) is 6.04 Å². The molecule has 3 aromatic rings. The van der Waals surface area contributed by atoms with Crippen molar-refractivity contribution < 1.29 is 19.2 Å². The predicted octanol–water partition coefficient (Wildman–Crippen LogP) is 2.20. The molecule has 3 unspecified atom stereocenters. The SMILES string of the molecule is CC(=O)c1ccc(NC(=O)NC2CCN3C(=O)C(Cc4c[nH]c5ccccc45)NC(=O)C23)cc1. The van der Waals surface area contributed by atoms with E-state index in [0.29, 0.717) is 30.6 Å². The predicted molar refractivity (Wildman–Crippen MR) is 126 cm³/mol. The third-order valence-corrected chi connectivity index (χ3v) is 6.53. The molecule has 0 saturated carbocycles. The van der Waals surface area contributed by atoms with Crippen LogP contribution in [0, 0.1) is 0 Å². The number of aromatic amines is 1. The molecule has 0 bridgehead atoms. The lowest BCUT2D eigenvalue weighted by Gasteiger charge is -2.36. The van der Waals surface area contributed by atoms with E-state index in [-0.39, 0.29) is 17.6 Å². The molecule has 2 saturated heterocycles. The van der Waals surface area contributed by atoms with Crippen molar-refractivity contribution in [2.75, 3.05) is 11.9 Å². The number of piperazine rings is 1. The van der Waals surface area contributed by atoms with Crippen molar-refractivity contribution in [1.82, 2.24) is 20.5 Å². The quantitative estimate of drug-likeness (QED) is 0.437. The third-order valence-electron chi connectivity index (χ3n) is 6.53. The number of amides is 4. The van der Waals surface area contributed by atoms with E-state index in [9.17, 15) is 19.2 Å². The molecule has 0 spiro atoms. The number of hydrogen-bond donors (Lipinski definition) is 4. The summed E-state index contributed by atoms with van der Waals surface area (Å²) in [6.45, 7) is 1.88. The molecule has 174 valence electrons. The Labute approximate surface area is 195 Å². The van der Waals surface area contributed by atoms with Gasteiger partial charge in [-0.15, -0.1) is 0 Å². The molecule has 5 rings (SSSR count). The van der Waals surface area contributed by atoms with Crippen molar-refractivity contribution in [2.45, 2.75) is 37.9 Å². The number of fused-ring (bicyclic) bond motifs is 2. The van der Waals surface area contributed by atoms with Crippen molar-refractivity contribution in [2.24, 2.45) is 0 Å². The molecule has 0 aliphatic carbocycles. The molecule has 4 amide bonds. The van der Waals surface area contributed by atoms with Crippen LogP contribution in [0.15, 0.2) is 54.7 Å². The first-order chi connectivity index (χ1) is 16.4. The molecule has 2 aliphatic rings. The molecule has 0 radical (unpaired) electrons. The number of anilines is 1. The van der Waals surface area contributed by atoms with Gasteiger partial charge in [-0.1, -0.05) is 18.2 Å². The lowest BCUT2D eigenvalue weighted by atomic mass is 9.99. The minimum absolute atomic E-state index is 0.0574. The van der Waals surface area contributed by atoms with E-state index in [1.165, 1.54) is 6.92 Å². The fraction of sp³-hybridized carbons (Fsp3) is 0.280. The lowest BCUT2D eigenvalue weighted by Crippen LogP contribution is -2.65. The van der Waals surface area contributed by atoms with Crippen LogP contribution in [0.5, 0.6) is 0 Å². The van der Waals surface area contributed by atoms with Crippen LogP contribution < -0.4 is 16.0 Å². The average Bonchev–Trinajstić information content (AvgIpc) is 3.42. The molecular formula is C25H25N5O4. The Kier molecular flexibility index (Phi) is 5.53. The van der Waals surface area contributed by atoms with E-state index in [1.807, 2.05) is 30.5 Å². The maximum absolute atomic E-state index is 13.2. The molecule has 9 nitrogen and oxygen atoms in total. The standard InChI is InChI=1S/C25H25N5O4/c1-14(31)15-6-8-17(9-7-15)27-25(34)29-20-10-11-30-22(20)23(32)28-21(24(30)33)12-16-13-26-19-5-3-2-4-18(16)19/h2-9,13,20-22,26H,10-12H2,1H3,(H,28,32)(H2,27,29,34). The van der Waals surface area contributed by atoms with Crippen LogP contribution in [0.25, 0.3) is 10.9 Å². The maximum Gasteiger partial charge on any atom is 0.319 e. The highest BCUT2D eigenvalue weighted by molar-refractivity contribution is 5.99. The lowest BCUT2D eigenvalue weighted by molar-refractivity contribution is -0.147. The Morgan fingerprint density at radius 2 is 1.85 bits per heavy atom. The van der Waals surface area contributed by atoms with Crippen molar-refractivity contribution in [3.63, 3.8) is 0 Å². The average molecular weight is 460 g/mol. The summed E-state index contributed by atoms with van der Waals surface area (Å²) in [5.74, 6) is -0.463. The number of rotatable bonds is 5. The number of carbonyl (C=O) groups is 4. The summed E-state index contributed by atoms with van der Waals surface area (Å²) in [7, 11) is 0. The zero-order valence-electron chi connectivity index (χ0n) is 18.6. The van der Waals surface area contributed by atoms with E-state index in [1.54, 1.807) is 29.2 Å². The number of nitrogens with zero attached hydrogens (tertiary/aromatic N) is 1. The number of para-hydroxylation sites is 1. The second kappa shape index (κ2) is 8.66. The van der Waals surface area contributed by atoms with Gasteiger partial charge in [0.25, 0.3) is 0 Å². The molecule has 3 atom stereocenters. The van der Waals surface area contributed by atoms with Crippen LogP contribution in [0.3, 0.4) is 0 Å². The number of nitrogens with one attached hydrogen (secondary N) is 4. The largest absolute Gasteiger partial charge is 0.361 e. The van der Waals surface area contributed by atoms with Gasteiger partial charge in [-0.3, -0.25) is 14.4 Å². The molecular weight excluding hydrogens is 434 g/mol. The number of carbonyl (C=O) groups excluding carboxylic acids is 4. The Hall–Kier alpha value is -4.14. The number of urea groups is 1. The summed E-state index contributed by atoms with van der Waals surface area (Å²) in [6.07, 6.45) is 2.75. The molecule has 34 heavy (non-hydrogen) atoms. The van der Waals surface area contributed by atoms with E-state index >= 15 is 0 Å². The topological polar surface area (TPSA) is 123 Å². The van der Waals surface area contributed by atoms with Crippen LogP contribution in [-0.4, -0.2) is 58.2 Å². The molecule has 1 aromatic heterocycles. The smallest absolute Gasteiger partial charge is 0.319 e. The normalized spacial score (nSPS) is 21.8. The van der Waals surface area contributed by atoms with Crippen LogP contribution in [-0.2, 0) is 16.0 Å². The van der Waals surface area contributed by atoms with Gasteiger partial charge in [0.1, 0.15) is 12.1 Å². The Balaban J connectivity index is 1.23. The summed E-state index contributed by atoms with van der Waals surface area (Å²) < 4.78 is 0. The molecule has 3 heterocycles. The Bertz CT molecular complexity index is 1280. The van der Waals surface area contributed by atoms with Gasteiger partial charge in [-0.2, -0.15) is 0 Å². The number of ketones is 1. The monoisotopic (exact) mass is 459 g/mol. The molecule has 2 fully saturated rings. The van der Waals surface area contributed by atoms with E-state index < -0.39 is 24.2 Å². The Morgan fingerprint density at radius 1 is 1.09 bits per heavy atom. The fourth-order valence-electron chi connectivity index (χ4n) is 4.82. The summed E-state index contributed by atoms with van der Waals surface area (Å²) in [4.78, 5) is 54.8. The van der Waals surface area contributed by atoms with E-state index in [4.69, 9.17) is 0 Å². The van der Waals surface area contributed by atoms with Gasteiger partial charge < -0.3 is 25.8 Å². The van der Waals surface area contributed by atoms with Crippen LogP contribution in [0.4, 0.5) is 10.5 Å². The van der Waals surface area contributed by atoms with Crippen LogP contribution in [0.1, 0.15) is 29.3 Å². The summed E-state index contributed by atoms with van der Waals surface area (Å²) in [5, 5.41) is 9.43. The van der Waals surface area contributed by atoms with E-state index in [0.717, 1.165) is 16.5 Å². The number of benzene rings is 2. The van der Waals surface area contributed by atoms with Crippen molar-refractivity contribution in [3.8, 4) is 0 Å². The molecule has 2 aromatic carbocycles. The summed E-state index contributed by atoms with van der Waals surface area (Å²) >= 11 is 0. The van der Waals surface area contributed by atoms with Crippen molar-refractivity contribution in [1.29, 1.82) is 0 Å². The highest BCUT2D eigenvalue weighted by Crippen LogP contribution is 2.26. The van der Waals surface area contributed by atoms with Crippen LogP contribution >= 0.6 is 0 Å². The summed E-state index contributed by atoms with van der Waals surface area (Å²) in [6, 6.07) is 12.0. The fourth-order valence-corrected chi connectivity index (χ4v) is 4.82. The highest BCUT2D eigenvalue weighted by atomic mass is 16.2. The van der Waals surface area contributed by atoms with Gasteiger partial charge in [0.2, 0.25) is 11.8 Å². The molecule has 4 N–H and O–H groups in total. The van der Waals surface area contributed by atoms with Gasteiger partial charge in [-0.25, -0.2) is 4.79 Å². The number of H-pyrrole nitrogens is 1. The highest BCUT2D eigenvalue weighted by Gasteiger charge is 2.48. The maximum atomic E-state index is 13.2. The first-order valence-electron chi connectivity index (χ1n) is 11.2. The van der Waals surface area contributed by atoms with Crippen LogP contribution in [0.2, 0.25) is 0 Å². The van der Waals surface area contributed by atoms with E-state index in [2.05, 4.69) is 20.9 Å². The van der Waals surface area contributed by atoms with Gasteiger partial charge in [-0.05, 0) is 49.2 Å². The zero-order valence-corrected chi connectivity index (χ0v) is 18.6. The number of hydrogen-bond acceptors (Lipinski definition) is 4. The van der Waals surface area contributed by atoms with Crippen molar-refractivity contribution >= 4 is 40.2 Å². The number of Topliss-reactive ketones (excluding diaryl/α,β-unsaturated/α-hetero) is 1. The Morgan fingerprint density at radius 3 is 2.62 bits per heavy atom.